The fourth-order valence-electron chi connectivity index (χ4n) is 1.15. The van der Waals surface area contributed by atoms with E-state index in [9.17, 15) is 0 Å². The quantitative estimate of drug-likeness (QED) is 0.560. The van der Waals surface area contributed by atoms with Gasteiger partial charge in [-0.1, -0.05) is 6.92 Å². The van der Waals surface area contributed by atoms with Crippen LogP contribution in [0.25, 0.3) is 0 Å². The van der Waals surface area contributed by atoms with Crippen LogP contribution in [0.5, 0.6) is 0 Å². The summed E-state index contributed by atoms with van der Waals surface area (Å²) in [6.45, 7) is 2.34. The lowest BCUT2D eigenvalue weighted by Crippen LogP contribution is -2.14. The van der Waals surface area contributed by atoms with Gasteiger partial charge in [0, 0.05) is 24.1 Å². The van der Waals surface area contributed by atoms with Crippen molar-refractivity contribution < 1.29 is 9.47 Å². The number of nitrogens with two attached hydrogens (primary N) is 1. The van der Waals surface area contributed by atoms with Crippen LogP contribution < -0.4 is 5.73 Å². The second-order valence-electron chi connectivity index (χ2n) is 2.73. The number of hydrogen-bond donors (Lipinski definition) is 1. The molecule has 0 aromatic heterocycles. The van der Waals surface area contributed by atoms with E-state index < -0.39 is 0 Å². The molecule has 0 saturated carbocycles. The van der Waals surface area contributed by atoms with E-state index in [4.69, 9.17) is 15.2 Å². The van der Waals surface area contributed by atoms with Crippen molar-refractivity contribution in [3.8, 4) is 0 Å². The molecular formula is C8H10NO2. The molecule has 2 rings (SSSR count). The van der Waals surface area contributed by atoms with E-state index >= 15 is 0 Å². The van der Waals surface area contributed by atoms with Crippen LogP contribution in [0.1, 0.15) is 6.92 Å². The van der Waals surface area contributed by atoms with Crippen molar-refractivity contribution in [1.82, 2.24) is 0 Å². The molecule has 1 heterocycles. The average Bonchev–Trinajstić information content (AvgIpc) is 2.36. The van der Waals surface area contributed by atoms with Crippen LogP contribution in [0.15, 0.2) is 23.3 Å². The highest BCUT2D eigenvalue weighted by Gasteiger charge is 2.24. The molecule has 0 fully saturated rings. The number of allylic oxidation sites excluding steroid dienone is 3. The Labute approximate surface area is 65.5 Å². The molecule has 1 radical (unpaired) electrons. The Kier molecular flexibility index (Phi) is 1.31. The SMILES string of the molecule is CC1[CH]C2=C(C=C1N)OCO2. The Balaban J connectivity index is 2.29. The molecule has 11 heavy (non-hydrogen) atoms. The second kappa shape index (κ2) is 2.19. The molecule has 0 saturated heterocycles. The Morgan fingerprint density at radius 2 is 2.18 bits per heavy atom. The van der Waals surface area contributed by atoms with Gasteiger partial charge >= 0.3 is 0 Å². The molecule has 0 amide bonds. The van der Waals surface area contributed by atoms with Gasteiger partial charge in [0.25, 0.3) is 0 Å². The van der Waals surface area contributed by atoms with Gasteiger partial charge in [0.1, 0.15) is 5.76 Å². The normalized spacial score (nSPS) is 28.8. The monoisotopic (exact) mass is 152 g/mol. The molecule has 3 heteroatoms. The molecule has 0 aromatic carbocycles. The Bertz CT molecular complexity index is 242. The minimum absolute atomic E-state index is 0.260. The molecule has 0 spiro atoms. The predicted molar refractivity (Wildman–Crippen MR) is 39.8 cm³/mol. The predicted octanol–water partition coefficient (Wildman–Crippen LogP) is 0.899. The molecule has 1 unspecified atom stereocenters. The first-order valence-corrected chi connectivity index (χ1v) is 3.59. The smallest absolute Gasteiger partial charge is 0.230 e. The van der Waals surface area contributed by atoms with Crippen LogP contribution in [0.2, 0.25) is 0 Å². The molecule has 0 aromatic rings. The van der Waals surface area contributed by atoms with Crippen LogP contribution in [0, 0.1) is 12.3 Å². The molecule has 1 atom stereocenters. The third kappa shape index (κ3) is 0.964. The summed E-state index contributed by atoms with van der Waals surface area (Å²) in [5.41, 5.74) is 6.52. The maximum atomic E-state index is 5.69. The van der Waals surface area contributed by atoms with E-state index in [2.05, 4.69) is 0 Å². The fourth-order valence-corrected chi connectivity index (χ4v) is 1.15. The van der Waals surface area contributed by atoms with E-state index in [1.165, 1.54) is 0 Å². The average molecular weight is 152 g/mol. The lowest BCUT2D eigenvalue weighted by atomic mass is 9.97. The highest BCUT2D eigenvalue weighted by molar-refractivity contribution is 5.34. The molecule has 59 valence electrons. The van der Waals surface area contributed by atoms with Crippen molar-refractivity contribution in [2.45, 2.75) is 6.92 Å². The van der Waals surface area contributed by atoms with Crippen LogP contribution in [-0.4, -0.2) is 6.79 Å². The van der Waals surface area contributed by atoms with Gasteiger partial charge in [-0.3, -0.25) is 0 Å². The van der Waals surface area contributed by atoms with Gasteiger partial charge in [-0.15, -0.1) is 0 Å². The first kappa shape index (κ1) is 6.58. The number of rotatable bonds is 0. The maximum absolute atomic E-state index is 5.69. The van der Waals surface area contributed by atoms with Crippen molar-refractivity contribution in [3.05, 3.63) is 29.7 Å². The van der Waals surface area contributed by atoms with E-state index in [1.807, 2.05) is 19.4 Å². The standard InChI is InChI=1S/C8H10NO2/c1-5-2-7-8(3-6(5)9)11-4-10-7/h2-3,5H,4,9H2,1H3. The highest BCUT2D eigenvalue weighted by Crippen LogP contribution is 2.30. The van der Waals surface area contributed by atoms with Gasteiger partial charge in [-0.25, -0.2) is 0 Å². The summed E-state index contributed by atoms with van der Waals surface area (Å²) in [4.78, 5) is 0. The molecule has 1 aliphatic carbocycles. The summed E-state index contributed by atoms with van der Waals surface area (Å²) in [5, 5.41) is 0. The van der Waals surface area contributed by atoms with E-state index in [0.717, 1.165) is 17.2 Å². The minimum Gasteiger partial charge on any atom is -0.458 e. The molecule has 1 aliphatic heterocycles. The lowest BCUT2D eigenvalue weighted by Gasteiger charge is -2.15. The first-order valence-electron chi connectivity index (χ1n) is 3.59. The Morgan fingerprint density at radius 3 is 3.00 bits per heavy atom. The van der Waals surface area contributed by atoms with Crippen molar-refractivity contribution in [3.63, 3.8) is 0 Å². The number of hydrogen-bond acceptors (Lipinski definition) is 3. The summed E-state index contributed by atoms with van der Waals surface area (Å²) in [6, 6.07) is 0. The van der Waals surface area contributed by atoms with Crippen LogP contribution in [-0.2, 0) is 9.47 Å². The highest BCUT2D eigenvalue weighted by atomic mass is 16.7. The second-order valence-corrected chi connectivity index (χ2v) is 2.73. The fraction of sp³-hybridized carbons (Fsp3) is 0.375. The van der Waals surface area contributed by atoms with Crippen LogP contribution >= 0.6 is 0 Å². The molecular weight excluding hydrogens is 142 g/mol. The van der Waals surface area contributed by atoms with E-state index in [-0.39, 0.29) is 5.92 Å². The first-order chi connectivity index (χ1) is 5.27. The Morgan fingerprint density at radius 1 is 1.45 bits per heavy atom. The van der Waals surface area contributed by atoms with Crippen molar-refractivity contribution in [1.29, 1.82) is 0 Å². The van der Waals surface area contributed by atoms with Crippen molar-refractivity contribution in [2.75, 3.05) is 6.79 Å². The zero-order valence-corrected chi connectivity index (χ0v) is 6.33. The van der Waals surface area contributed by atoms with Gasteiger partial charge in [0.15, 0.2) is 5.76 Å². The van der Waals surface area contributed by atoms with Crippen molar-refractivity contribution >= 4 is 0 Å². The summed E-state index contributed by atoms with van der Waals surface area (Å²) < 4.78 is 10.3. The van der Waals surface area contributed by atoms with Gasteiger partial charge in [-0.05, 0) is 0 Å². The van der Waals surface area contributed by atoms with Gasteiger partial charge < -0.3 is 15.2 Å². The zero-order valence-electron chi connectivity index (χ0n) is 6.33. The summed E-state index contributed by atoms with van der Waals surface area (Å²) in [6.07, 6.45) is 3.80. The third-order valence-electron chi connectivity index (χ3n) is 1.90. The van der Waals surface area contributed by atoms with E-state index in [1.54, 1.807) is 0 Å². The van der Waals surface area contributed by atoms with Crippen LogP contribution in [0.3, 0.4) is 0 Å². The zero-order chi connectivity index (χ0) is 7.84. The summed E-state index contributed by atoms with van der Waals surface area (Å²) in [5.74, 6) is 1.85. The minimum atomic E-state index is 0.260. The molecule has 3 nitrogen and oxygen atoms in total. The lowest BCUT2D eigenvalue weighted by molar-refractivity contribution is 0.0763. The third-order valence-corrected chi connectivity index (χ3v) is 1.90. The van der Waals surface area contributed by atoms with Gasteiger partial charge in [0.2, 0.25) is 6.79 Å². The maximum Gasteiger partial charge on any atom is 0.230 e. The summed E-state index contributed by atoms with van der Waals surface area (Å²) >= 11 is 0. The van der Waals surface area contributed by atoms with Crippen LogP contribution in [0.4, 0.5) is 0 Å². The molecule has 2 aliphatic rings. The number of ether oxygens (including phenoxy) is 2. The van der Waals surface area contributed by atoms with Gasteiger partial charge in [0.05, 0.1) is 0 Å². The largest absolute Gasteiger partial charge is 0.458 e. The topological polar surface area (TPSA) is 44.5 Å². The van der Waals surface area contributed by atoms with Crippen molar-refractivity contribution in [2.24, 2.45) is 11.7 Å². The Hall–Kier alpha value is -1.12. The molecule has 2 N–H and O–H groups in total. The van der Waals surface area contributed by atoms with E-state index in [0.29, 0.717) is 6.79 Å². The summed E-state index contributed by atoms with van der Waals surface area (Å²) in [7, 11) is 0. The molecule has 0 bridgehead atoms. The van der Waals surface area contributed by atoms with Gasteiger partial charge in [-0.2, -0.15) is 0 Å².